The molecule has 1 fully saturated rings. The van der Waals surface area contributed by atoms with E-state index in [4.69, 9.17) is 10.5 Å². The Morgan fingerprint density at radius 3 is 2.44 bits per heavy atom. The lowest BCUT2D eigenvalue weighted by Gasteiger charge is -2.38. The second-order valence-electron chi connectivity index (χ2n) is 6.26. The number of nitrogens with two attached hydrogens (primary N) is 1. The van der Waals surface area contributed by atoms with Gasteiger partial charge in [-0.25, -0.2) is 4.52 Å². The Morgan fingerprint density at radius 1 is 1.04 bits per heavy atom. The summed E-state index contributed by atoms with van der Waals surface area (Å²) in [5, 5.41) is 4.22. The highest BCUT2D eigenvalue weighted by atomic mass is 16.5. The highest BCUT2D eigenvalue weighted by Gasteiger charge is 2.21. The number of benzene rings is 1. The van der Waals surface area contributed by atoms with E-state index >= 15 is 0 Å². The van der Waals surface area contributed by atoms with E-state index in [1.165, 1.54) is 11.3 Å². The Labute approximate surface area is 146 Å². The molecule has 7 nitrogen and oxygen atoms in total. The number of aryl methyl sites for hydroxylation is 1. The minimum absolute atomic E-state index is 0.303. The quantitative estimate of drug-likeness (QED) is 0.787. The Hall–Kier alpha value is -2.96. The van der Waals surface area contributed by atoms with Gasteiger partial charge >= 0.3 is 0 Å². The first kappa shape index (κ1) is 15.6. The van der Waals surface area contributed by atoms with Crippen molar-refractivity contribution in [2.45, 2.75) is 6.92 Å². The van der Waals surface area contributed by atoms with Crippen molar-refractivity contribution in [1.29, 1.82) is 0 Å². The van der Waals surface area contributed by atoms with E-state index in [1.807, 2.05) is 24.4 Å². The van der Waals surface area contributed by atoms with Gasteiger partial charge < -0.3 is 20.3 Å². The summed E-state index contributed by atoms with van der Waals surface area (Å²) in [7, 11) is 1.72. The van der Waals surface area contributed by atoms with E-state index in [2.05, 4.69) is 38.9 Å². The van der Waals surface area contributed by atoms with Crippen LogP contribution in [0, 0.1) is 6.92 Å². The van der Waals surface area contributed by atoms with Crippen molar-refractivity contribution < 1.29 is 4.74 Å². The topological polar surface area (TPSA) is 71.9 Å². The Bertz CT molecular complexity index is 898. The first-order valence-electron chi connectivity index (χ1n) is 8.41. The summed E-state index contributed by atoms with van der Waals surface area (Å²) in [6.45, 7) is 5.87. The highest BCUT2D eigenvalue weighted by Crippen LogP contribution is 2.30. The van der Waals surface area contributed by atoms with E-state index in [0.717, 1.165) is 43.3 Å². The number of nitrogen functional groups attached to an aromatic ring is 1. The first-order chi connectivity index (χ1) is 12.2. The number of rotatable bonds is 3. The number of para-hydroxylation sites is 2. The van der Waals surface area contributed by atoms with Crippen LogP contribution in [-0.2, 0) is 0 Å². The summed E-state index contributed by atoms with van der Waals surface area (Å²) in [5.41, 5.74) is 10.0. The van der Waals surface area contributed by atoms with E-state index in [0.29, 0.717) is 5.95 Å². The lowest BCUT2D eigenvalue weighted by Crippen LogP contribution is -2.47. The Kier molecular flexibility index (Phi) is 3.83. The number of methoxy groups -OCH3 is 1. The molecule has 2 aromatic heterocycles. The fraction of sp³-hybridized carbons (Fsp3) is 0.333. The third-order valence-electron chi connectivity index (χ3n) is 4.71. The number of nitrogens with zero attached hydrogens (tertiary/aromatic N) is 5. The molecule has 3 heterocycles. The van der Waals surface area contributed by atoms with Crippen LogP contribution in [0.25, 0.3) is 5.65 Å². The van der Waals surface area contributed by atoms with Crippen molar-refractivity contribution >= 4 is 23.0 Å². The number of hydrogen-bond donors (Lipinski definition) is 1. The van der Waals surface area contributed by atoms with Gasteiger partial charge in [0, 0.05) is 26.2 Å². The summed E-state index contributed by atoms with van der Waals surface area (Å²) in [4.78, 5) is 8.98. The highest BCUT2D eigenvalue weighted by molar-refractivity contribution is 5.62. The van der Waals surface area contributed by atoms with Gasteiger partial charge in [0.25, 0.3) is 0 Å². The van der Waals surface area contributed by atoms with Crippen LogP contribution in [0.1, 0.15) is 5.56 Å². The maximum atomic E-state index is 5.70. The molecule has 25 heavy (non-hydrogen) atoms. The molecule has 0 spiro atoms. The van der Waals surface area contributed by atoms with Gasteiger partial charge in [-0.15, -0.1) is 5.10 Å². The van der Waals surface area contributed by atoms with Crippen molar-refractivity contribution in [3.63, 3.8) is 0 Å². The summed E-state index contributed by atoms with van der Waals surface area (Å²) < 4.78 is 7.25. The number of piperazine rings is 1. The fourth-order valence-electron chi connectivity index (χ4n) is 3.44. The van der Waals surface area contributed by atoms with Gasteiger partial charge in [-0.2, -0.15) is 4.98 Å². The smallest absolute Gasteiger partial charge is 0.240 e. The fourth-order valence-corrected chi connectivity index (χ4v) is 3.44. The monoisotopic (exact) mass is 338 g/mol. The minimum atomic E-state index is 0.303. The zero-order valence-electron chi connectivity index (χ0n) is 14.5. The van der Waals surface area contributed by atoms with Crippen LogP contribution >= 0.6 is 0 Å². The van der Waals surface area contributed by atoms with Crippen molar-refractivity contribution in [3.8, 4) is 5.75 Å². The molecule has 0 radical (unpaired) electrons. The molecule has 0 atom stereocenters. The summed E-state index contributed by atoms with van der Waals surface area (Å²) >= 11 is 0. The average molecular weight is 338 g/mol. The standard InChI is InChI=1S/C18H22N6O/c1-13-11-17-20-18(19)21-24(17)12-15(13)23-9-7-22(8-10-23)14-5-3-4-6-16(14)25-2/h3-6,11-12H,7-10H2,1-2H3,(H2,19,21). The molecular weight excluding hydrogens is 316 g/mol. The minimum Gasteiger partial charge on any atom is -0.495 e. The Balaban J connectivity index is 1.55. The molecule has 0 aliphatic carbocycles. The van der Waals surface area contributed by atoms with E-state index in [9.17, 15) is 0 Å². The third kappa shape index (κ3) is 2.82. The van der Waals surface area contributed by atoms with Crippen molar-refractivity contribution in [3.05, 3.63) is 42.1 Å². The number of hydrogen-bond acceptors (Lipinski definition) is 6. The van der Waals surface area contributed by atoms with Crippen molar-refractivity contribution in [2.24, 2.45) is 0 Å². The molecule has 1 aromatic carbocycles. The van der Waals surface area contributed by atoms with E-state index in [1.54, 1.807) is 11.6 Å². The normalized spacial score (nSPS) is 15.0. The van der Waals surface area contributed by atoms with Crippen molar-refractivity contribution in [2.75, 3.05) is 48.8 Å². The molecule has 1 aliphatic heterocycles. The number of aromatic nitrogens is 3. The molecule has 0 saturated carbocycles. The molecule has 4 rings (SSSR count). The second kappa shape index (κ2) is 6.16. The summed E-state index contributed by atoms with van der Waals surface area (Å²) in [6, 6.07) is 10.2. The third-order valence-corrected chi connectivity index (χ3v) is 4.71. The van der Waals surface area contributed by atoms with Crippen LogP contribution in [0.2, 0.25) is 0 Å². The van der Waals surface area contributed by atoms with Crippen LogP contribution in [0.4, 0.5) is 17.3 Å². The molecule has 0 unspecified atom stereocenters. The van der Waals surface area contributed by atoms with E-state index in [-0.39, 0.29) is 0 Å². The summed E-state index contributed by atoms with van der Waals surface area (Å²) in [6.07, 6.45) is 2.02. The maximum Gasteiger partial charge on any atom is 0.240 e. The number of pyridine rings is 1. The van der Waals surface area contributed by atoms with Gasteiger partial charge in [-0.3, -0.25) is 0 Å². The molecule has 1 saturated heterocycles. The van der Waals surface area contributed by atoms with Gasteiger partial charge in [0.2, 0.25) is 5.95 Å². The van der Waals surface area contributed by atoms with Crippen LogP contribution in [0.5, 0.6) is 5.75 Å². The molecule has 2 N–H and O–H groups in total. The van der Waals surface area contributed by atoms with Crippen LogP contribution in [-0.4, -0.2) is 47.9 Å². The number of ether oxygens (including phenoxy) is 1. The maximum absolute atomic E-state index is 5.70. The SMILES string of the molecule is COc1ccccc1N1CCN(c2cn3nc(N)nc3cc2C)CC1. The molecule has 3 aromatic rings. The van der Waals surface area contributed by atoms with Crippen LogP contribution in [0.15, 0.2) is 36.5 Å². The molecule has 7 heteroatoms. The molecule has 0 bridgehead atoms. The van der Waals surface area contributed by atoms with Gasteiger partial charge in [0.15, 0.2) is 5.65 Å². The van der Waals surface area contributed by atoms with Crippen molar-refractivity contribution in [1.82, 2.24) is 14.6 Å². The van der Waals surface area contributed by atoms with Crippen LogP contribution in [0.3, 0.4) is 0 Å². The molecule has 0 amide bonds. The molecule has 1 aliphatic rings. The first-order valence-corrected chi connectivity index (χ1v) is 8.41. The van der Waals surface area contributed by atoms with E-state index < -0.39 is 0 Å². The lowest BCUT2D eigenvalue weighted by atomic mass is 10.2. The zero-order valence-corrected chi connectivity index (χ0v) is 14.5. The largest absolute Gasteiger partial charge is 0.495 e. The predicted octanol–water partition coefficient (Wildman–Crippen LogP) is 1.96. The van der Waals surface area contributed by atoms with Gasteiger partial charge in [0.05, 0.1) is 24.7 Å². The van der Waals surface area contributed by atoms with Gasteiger partial charge in [0.1, 0.15) is 5.75 Å². The second-order valence-corrected chi connectivity index (χ2v) is 6.26. The predicted molar refractivity (Wildman–Crippen MR) is 99.6 cm³/mol. The lowest BCUT2D eigenvalue weighted by molar-refractivity contribution is 0.413. The van der Waals surface area contributed by atoms with Crippen LogP contribution < -0.4 is 20.3 Å². The molecular formula is C18H22N6O. The number of anilines is 3. The molecule has 130 valence electrons. The van der Waals surface area contributed by atoms with Gasteiger partial charge in [-0.1, -0.05) is 12.1 Å². The Morgan fingerprint density at radius 2 is 1.72 bits per heavy atom. The average Bonchev–Trinajstić information content (AvgIpc) is 3.00. The van der Waals surface area contributed by atoms with Gasteiger partial charge in [-0.05, 0) is 30.7 Å². The zero-order chi connectivity index (χ0) is 17.4. The number of fused-ring (bicyclic) bond motifs is 1. The summed E-state index contributed by atoms with van der Waals surface area (Å²) in [5.74, 6) is 1.23.